The predicted octanol–water partition coefficient (Wildman–Crippen LogP) is 4.20. The zero-order valence-electron chi connectivity index (χ0n) is 11.5. The van der Waals surface area contributed by atoms with E-state index in [9.17, 15) is 13.6 Å². The lowest BCUT2D eigenvalue weighted by Crippen LogP contribution is -2.12. The van der Waals surface area contributed by atoms with Gasteiger partial charge in [-0.3, -0.25) is 4.79 Å². The van der Waals surface area contributed by atoms with Crippen LogP contribution < -0.4 is 14.8 Å². The number of rotatable bonds is 5. The lowest BCUT2D eigenvalue weighted by molar-refractivity contribution is -0.0498. The number of alkyl halides is 2. The number of carbonyl (C=O) groups is 1. The molecule has 0 aliphatic heterocycles. The number of carbonyl (C=O) groups excluding carboxylic acids is 1. The van der Waals surface area contributed by atoms with Gasteiger partial charge in [0.25, 0.3) is 5.91 Å². The number of benzene rings is 2. The van der Waals surface area contributed by atoms with Gasteiger partial charge in [-0.2, -0.15) is 8.78 Å². The highest BCUT2D eigenvalue weighted by Crippen LogP contribution is 2.28. The second-order valence-electron chi connectivity index (χ2n) is 4.20. The Morgan fingerprint density at radius 3 is 2.45 bits per heavy atom. The molecule has 4 nitrogen and oxygen atoms in total. The summed E-state index contributed by atoms with van der Waals surface area (Å²) in [5.41, 5.74) is 0.691. The van der Waals surface area contributed by atoms with Crippen LogP contribution in [-0.4, -0.2) is 19.6 Å². The number of amides is 1. The zero-order chi connectivity index (χ0) is 16.1. The Morgan fingerprint density at radius 2 is 1.86 bits per heavy atom. The van der Waals surface area contributed by atoms with Gasteiger partial charge in [-0.1, -0.05) is 11.6 Å². The summed E-state index contributed by atoms with van der Waals surface area (Å²) in [6.07, 6.45) is 0. The van der Waals surface area contributed by atoms with E-state index >= 15 is 0 Å². The molecule has 0 heterocycles. The predicted molar refractivity (Wildman–Crippen MR) is 79.0 cm³/mol. The van der Waals surface area contributed by atoms with Gasteiger partial charge in [0.2, 0.25) is 0 Å². The van der Waals surface area contributed by atoms with Gasteiger partial charge in [-0.05, 0) is 42.5 Å². The first-order valence-electron chi connectivity index (χ1n) is 6.19. The quantitative estimate of drug-likeness (QED) is 0.895. The molecule has 1 N–H and O–H groups in total. The van der Waals surface area contributed by atoms with Crippen LogP contribution in [0.1, 0.15) is 10.4 Å². The average Bonchev–Trinajstić information content (AvgIpc) is 2.47. The van der Waals surface area contributed by atoms with E-state index in [2.05, 4.69) is 10.1 Å². The van der Waals surface area contributed by atoms with Gasteiger partial charge in [0, 0.05) is 10.6 Å². The molecule has 0 radical (unpaired) electrons. The molecule has 2 aromatic carbocycles. The van der Waals surface area contributed by atoms with Gasteiger partial charge in [-0.15, -0.1) is 0 Å². The maximum Gasteiger partial charge on any atom is 0.387 e. The Hall–Kier alpha value is -2.34. The first-order chi connectivity index (χ1) is 10.5. The number of nitrogens with one attached hydrogen (secondary N) is 1. The van der Waals surface area contributed by atoms with Crippen LogP contribution in [0, 0.1) is 0 Å². The third-order valence-corrected chi connectivity index (χ3v) is 2.99. The number of anilines is 1. The van der Waals surface area contributed by atoms with Crippen LogP contribution in [0.15, 0.2) is 42.5 Å². The van der Waals surface area contributed by atoms with Gasteiger partial charge >= 0.3 is 6.61 Å². The molecule has 0 atom stereocenters. The lowest BCUT2D eigenvalue weighted by atomic mass is 10.2. The van der Waals surface area contributed by atoms with Crippen molar-refractivity contribution in [2.75, 3.05) is 12.4 Å². The third kappa shape index (κ3) is 4.08. The highest BCUT2D eigenvalue weighted by molar-refractivity contribution is 6.31. The molecular weight excluding hydrogens is 316 g/mol. The molecule has 0 unspecified atom stereocenters. The SMILES string of the molecule is COc1ccc(Cl)cc1NC(=O)c1ccc(OC(F)F)cc1. The molecule has 2 rings (SSSR count). The second-order valence-corrected chi connectivity index (χ2v) is 4.64. The van der Waals surface area contributed by atoms with Crippen LogP contribution in [0.3, 0.4) is 0 Å². The molecule has 7 heteroatoms. The third-order valence-electron chi connectivity index (χ3n) is 2.75. The first kappa shape index (κ1) is 16.0. The molecule has 0 aliphatic carbocycles. The number of halogens is 3. The molecule has 22 heavy (non-hydrogen) atoms. The van der Waals surface area contributed by atoms with Gasteiger partial charge < -0.3 is 14.8 Å². The van der Waals surface area contributed by atoms with E-state index in [0.717, 1.165) is 0 Å². The van der Waals surface area contributed by atoms with E-state index in [1.54, 1.807) is 18.2 Å². The van der Waals surface area contributed by atoms with Crippen molar-refractivity contribution in [3.63, 3.8) is 0 Å². The fourth-order valence-corrected chi connectivity index (χ4v) is 1.93. The summed E-state index contributed by atoms with van der Waals surface area (Å²) in [5.74, 6) is 0.00598. The number of ether oxygens (including phenoxy) is 2. The van der Waals surface area contributed by atoms with E-state index in [1.165, 1.54) is 31.4 Å². The van der Waals surface area contributed by atoms with E-state index < -0.39 is 12.5 Å². The van der Waals surface area contributed by atoms with E-state index in [1.807, 2.05) is 0 Å². The highest BCUT2D eigenvalue weighted by atomic mass is 35.5. The maximum atomic E-state index is 12.1. The minimum Gasteiger partial charge on any atom is -0.495 e. The van der Waals surface area contributed by atoms with E-state index in [4.69, 9.17) is 16.3 Å². The largest absolute Gasteiger partial charge is 0.495 e. The summed E-state index contributed by atoms with van der Waals surface area (Å²) in [6, 6.07) is 10.1. The van der Waals surface area contributed by atoms with Crippen molar-refractivity contribution in [2.45, 2.75) is 6.61 Å². The van der Waals surface area contributed by atoms with E-state index in [0.29, 0.717) is 16.5 Å². The van der Waals surface area contributed by atoms with Crippen LogP contribution in [-0.2, 0) is 0 Å². The van der Waals surface area contributed by atoms with Crippen LogP contribution >= 0.6 is 11.6 Å². The van der Waals surface area contributed by atoms with Crippen molar-refractivity contribution in [2.24, 2.45) is 0 Å². The van der Waals surface area contributed by atoms with Crippen molar-refractivity contribution in [3.8, 4) is 11.5 Å². The maximum absolute atomic E-state index is 12.1. The van der Waals surface area contributed by atoms with E-state index in [-0.39, 0.29) is 11.3 Å². The molecule has 2 aromatic rings. The Morgan fingerprint density at radius 1 is 1.18 bits per heavy atom. The minimum atomic E-state index is -2.91. The van der Waals surface area contributed by atoms with Gasteiger partial charge in [0.1, 0.15) is 11.5 Å². The molecule has 0 bridgehead atoms. The fraction of sp³-hybridized carbons (Fsp3) is 0.133. The molecule has 0 saturated carbocycles. The van der Waals surface area contributed by atoms with Crippen LogP contribution in [0.2, 0.25) is 5.02 Å². The summed E-state index contributed by atoms with van der Waals surface area (Å²) >= 11 is 5.88. The zero-order valence-corrected chi connectivity index (χ0v) is 12.2. The fourth-order valence-electron chi connectivity index (χ4n) is 1.76. The van der Waals surface area contributed by atoms with Crippen LogP contribution in [0.5, 0.6) is 11.5 Å². The van der Waals surface area contributed by atoms with Gasteiger partial charge in [0.05, 0.1) is 12.8 Å². The molecule has 0 spiro atoms. The molecular formula is C15H12ClF2NO3. The Kier molecular flexibility index (Phi) is 5.16. The lowest BCUT2D eigenvalue weighted by Gasteiger charge is -2.11. The Labute approximate surface area is 130 Å². The monoisotopic (exact) mass is 327 g/mol. The Balaban J connectivity index is 2.14. The van der Waals surface area contributed by atoms with Crippen LogP contribution in [0.4, 0.5) is 14.5 Å². The topological polar surface area (TPSA) is 47.6 Å². The highest BCUT2D eigenvalue weighted by Gasteiger charge is 2.11. The standard InChI is InChI=1S/C15H12ClF2NO3/c1-21-13-7-4-10(16)8-12(13)19-14(20)9-2-5-11(6-3-9)22-15(17)18/h2-8,15H,1H3,(H,19,20). The molecule has 0 aromatic heterocycles. The summed E-state index contributed by atoms with van der Waals surface area (Å²) in [4.78, 5) is 12.1. The smallest absolute Gasteiger partial charge is 0.387 e. The number of methoxy groups -OCH3 is 1. The number of hydrogen-bond donors (Lipinski definition) is 1. The van der Waals surface area contributed by atoms with Crippen molar-refractivity contribution in [1.29, 1.82) is 0 Å². The Bertz CT molecular complexity index is 662. The average molecular weight is 328 g/mol. The van der Waals surface area contributed by atoms with Gasteiger partial charge in [-0.25, -0.2) is 0 Å². The molecule has 1 amide bonds. The normalized spacial score (nSPS) is 10.4. The van der Waals surface area contributed by atoms with Crippen molar-refractivity contribution in [3.05, 3.63) is 53.1 Å². The summed E-state index contributed by atoms with van der Waals surface area (Å²) in [5, 5.41) is 3.08. The number of hydrogen-bond acceptors (Lipinski definition) is 3. The summed E-state index contributed by atoms with van der Waals surface area (Å²) < 4.78 is 33.5. The summed E-state index contributed by atoms with van der Waals surface area (Å²) in [6.45, 7) is -2.91. The summed E-state index contributed by atoms with van der Waals surface area (Å²) in [7, 11) is 1.47. The van der Waals surface area contributed by atoms with Crippen LogP contribution in [0.25, 0.3) is 0 Å². The molecule has 0 saturated heterocycles. The molecule has 0 fully saturated rings. The molecule has 0 aliphatic rings. The van der Waals surface area contributed by atoms with Gasteiger partial charge in [0.15, 0.2) is 0 Å². The second kappa shape index (κ2) is 7.09. The molecule has 116 valence electrons. The van der Waals surface area contributed by atoms with Crippen molar-refractivity contribution in [1.82, 2.24) is 0 Å². The van der Waals surface area contributed by atoms with Crippen molar-refractivity contribution >= 4 is 23.2 Å². The van der Waals surface area contributed by atoms with Crippen molar-refractivity contribution < 1.29 is 23.0 Å². The first-order valence-corrected chi connectivity index (χ1v) is 6.57. The minimum absolute atomic E-state index is 0.0214.